The third-order valence-electron chi connectivity index (χ3n) is 4.87. The molecule has 1 N–H and O–H groups in total. The van der Waals surface area contributed by atoms with Crippen molar-refractivity contribution in [1.82, 2.24) is 9.55 Å². The zero-order valence-electron chi connectivity index (χ0n) is 15.8. The van der Waals surface area contributed by atoms with Crippen LogP contribution in [0.3, 0.4) is 0 Å². The minimum atomic E-state index is -0.750. The Labute approximate surface area is 170 Å². The molecule has 0 aliphatic heterocycles. The first-order valence-electron chi connectivity index (χ1n) is 9.06. The van der Waals surface area contributed by atoms with E-state index in [1.54, 1.807) is 19.1 Å². The number of fused-ring (bicyclic) bond motifs is 1. The number of aryl methyl sites for hydroxylation is 1. The van der Waals surface area contributed by atoms with Crippen LogP contribution in [0.5, 0.6) is 0 Å². The SMILES string of the molecule is Cc1ccccc1NC(=O)[C@H](C)n1cnc2scc(-c3ccc(F)cc3)c2c1=O. The van der Waals surface area contributed by atoms with Gasteiger partial charge in [0.25, 0.3) is 5.56 Å². The summed E-state index contributed by atoms with van der Waals surface area (Å²) in [6.45, 7) is 3.56. The Morgan fingerprint density at radius 2 is 1.90 bits per heavy atom. The molecule has 0 fully saturated rings. The van der Waals surface area contributed by atoms with Crippen molar-refractivity contribution in [1.29, 1.82) is 0 Å². The van der Waals surface area contributed by atoms with Crippen molar-refractivity contribution in [3.05, 3.63) is 82.0 Å². The number of nitrogens with one attached hydrogen (secondary N) is 1. The van der Waals surface area contributed by atoms with E-state index in [-0.39, 0.29) is 17.3 Å². The van der Waals surface area contributed by atoms with Gasteiger partial charge in [-0.05, 0) is 43.2 Å². The minimum absolute atomic E-state index is 0.303. The average molecular weight is 407 g/mol. The number of nitrogens with zero attached hydrogens (tertiary/aromatic N) is 2. The molecule has 4 rings (SSSR count). The Balaban J connectivity index is 1.72. The largest absolute Gasteiger partial charge is 0.324 e. The summed E-state index contributed by atoms with van der Waals surface area (Å²) in [4.78, 5) is 30.9. The first kappa shape index (κ1) is 19.0. The lowest BCUT2D eigenvalue weighted by Gasteiger charge is -2.16. The molecular formula is C22H18FN3O2S. The number of thiophene rings is 1. The lowest BCUT2D eigenvalue weighted by atomic mass is 10.1. The second kappa shape index (κ2) is 7.60. The highest BCUT2D eigenvalue weighted by atomic mass is 32.1. The molecule has 7 heteroatoms. The van der Waals surface area contributed by atoms with Crippen LogP contribution in [0.4, 0.5) is 10.1 Å². The van der Waals surface area contributed by atoms with E-state index in [2.05, 4.69) is 10.3 Å². The van der Waals surface area contributed by atoms with Crippen molar-refractivity contribution < 1.29 is 9.18 Å². The summed E-state index contributed by atoms with van der Waals surface area (Å²) >= 11 is 1.34. The molecule has 0 aliphatic rings. The van der Waals surface area contributed by atoms with Crippen LogP contribution in [0.1, 0.15) is 18.5 Å². The van der Waals surface area contributed by atoms with Crippen LogP contribution in [0.25, 0.3) is 21.3 Å². The zero-order chi connectivity index (χ0) is 20.5. The molecule has 1 amide bonds. The molecule has 0 saturated carbocycles. The summed E-state index contributed by atoms with van der Waals surface area (Å²) < 4.78 is 14.6. The van der Waals surface area contributed by atoms with Gasteiger partial charge in [-0.2, -0.15) is 0 Å². The van der Waals surface area contributed by atoms with E-state index in [0.717, 1.165) is 11.1 Å². The van der Waals surface area contributed by atoms with Gasteiger partial charge in [-0.25, -0.2) is 9.37 Å². The normalized spacial score (nSPS) is 12.1. The molecule has 0 spiro atoms. The first-order valence-corrected chi connectivity index (χ1v) is 9.94. The third kappa shape index (κ3) is 3.56. The van der Waals surface area contributed by atoms with E-state index in [9.17, 15) is 14.0 Å². The first-order chi connectivity index (χ1) is 14.0. The smallest absolute Gasteiger partial charge is 0.263 e. The molecule has 2 aromatic carbocycles. The summed E-state index contributed by atoms with van der Waals surface area (Å²) in [5, 5.41) is 5.12. The van der Waals surface area contributed by atoms with Crippen LogP contribution >= 0.6 is 11.3 Å². The molecule has 0 radical (unpaired) electrons. The zero-order valence-corrected chi connectivity index (χ0v) is 16.7. The predicted octanol–water partition coefficient (Wildman–Crippen LogP) is 4.77. The van der Waals surface area contributed by atoms with Gasteiger partial charge < -0.3 is 5.32 Å². The van der Waals surface area contributed by atoms with Crippen molar-refractivity contribution >= 4 is 33.1 Å². The van der Waals surface area contributed by atoms with E-state index in [4.69, 9.17) is 0 Å². The quantitative estimate of drug-likeness (QED) is 0.530. The summed E-state index contributed by atoms with van der Waals surface area (Å²) in [7, 11) is 0. The van der Waals surface area contributed by atoms with Gasteiger partial charge in [0, 0.05) is 16.6 Å². The molecule has 1 atom stereocenters. The van der Waals surface area contributed by atoms with Gasteiger partial charge in [-0.1, -0.05) is 30.3 Å². The standard InChI is InChI=1S/C22H18FN3O2S/c1-13-5-3-4-6-18(13)25-20(27)14(2)26-12-24-21-19(22(26)28)17(11-29-21)15-7-9-16(23)10-8-15/h3-12,14H,1-2H3,(H,25,27)/t14-/m0/s1. The Morgan fingerprint density at radius 3 is 2.62 bits per heavy atom. The van der Waals surface area contributed by atoms with Gasteiger partial charge in [0.1, 0.15) is 16.7 Å². The van der Waals surface area contributed by atoms with Crippen LogP contribution in [0.2, 0.25) is 0 Å². The minimum Gasteiger partial charge on any atom is -0.324 e. The molecule has 29 heavy (non-hydrogen) atoms. The van der Waals surface area contributed by atoms with E-state index >= 15 is 0 Å². The number of carbonyl (C=O) groups is 1. The fourth-order valence-corrected chi connectivity index (χ4v) is 4.05. The van der Waals surface area contributed by atoms with E-state index in [0.29, 0.717) is 21.5 Å². The van der Waals surface area contributed by atoms with E-state index in [1.165, 1.54) is 34.4 Å². The number of para-hydroxylation sites is 1. The molecule has 5 nitrogen and oxygen atoms in total. The second-order valence-electron chi connectivity index (χ2n) is 6.77. The Bertz CT molecular complexity index is 1260. The molecule has 0 saturated heterocycles. The Hall–Kier alpha value is -3.32. The molecule has 2 aromatic heterocycles. The van der Waals surface area contributed by atoms with Crippen molar-refractivity contribution in [3.63, 3.8) is 0 Å². The third-order valence-corrected chi connectivity index (χ3v) is 5.76. The number of amides is 1. The highest BCUT2D eigenvalue weighted by Gasteiger charge is 2.20. The number of anilines is 1. The number of benzene rings is 2. The highest BCUT2D eigenvalue weighted by Crippen LogP contribution is 2.31. The number of hydrogen-bond donors (Lipinski definition) is 1. The Morgan fingerprint density at radius 1 is 1.17 bits per heavy atom. The van der Waals surface area contributed by atoms with Gasteiger partial charge >= 0.3 is 0 Å². The van der Waals surface area contributed by atoms with Crippen molar-refractivity contribution in [3.8, 4) is 11.1 Å². The van der Waals surface area contributed by atoms with Crippen LogP contribution < -0.4 is 10.9 Å². The number of aromatic nitrogens is 2. The summed E-state index contributed by atoms with van der Waals surface area (Å²) in [6.07, 6.45) is 1.40. The maximum atomic E-state index is 13.3. The highest BCUT2D eigenvalue weighted by molar-refractivity contribution is 7.17. The Kier molecular flexibility index (Phi) is 4.98. The van der Waals surface area contributed by atoms with Gasteiger partial charge in [0.2, 0.25) is 5.91 Å². The van der Waals surface area contributed by atoms with Gasteiger partial charge in [0.05, 0.1) is 11.7 Å². The molecule has 0 unspecified atom stereocenters. The molecule has 4 aromatic rings. The van der Waals surface area contributed by atoms with Crippen molar-refractivity contribution in [2.45, 2.75) is 19.9 Å². The molecule has 0 bridgehead atoms. The topological polar surface area (TPSA) is 64.0 Å². The van der Waals surface area contributed by atoms with Crippen LogP contribution in [-0.2, 0) is 4.79 Å². The average Bonchev–Trinajstić information content (AvgIpc) is 3.15. The van der Waals surface area contributed by atoms with Gasteiger partial charge in [0.15, 0.2) is 0 Å². The van der Waals surface area contributed by atoms with Crippen molar-refractivity contribution in [2.24, 2.45) is 0 Å². The summed E-state index contributed by atoms with van der Waals surface area (Å²) in [6, 6.07) is 12.7. The van der Waals surface area contributed by atoms with Crippen LogP contribution in [0.15, 0.2) is 65.0 Å². The fourth-order valence-electron chi connectivity index (χ4n) is 3.14. The summed E-state index contributed by atoms with van der Waals surface area (Å²) in [5.74, 6) is -0.647. The molecule has 146 valence electrons. The summed E-state index contributed by atoms with van der Waals surface area (Å²) in [5.41, 5.74) is 2.75. The lowest BCUT2D eigenvalue weighted by molar-refractivity contribution is -0.118. The number of hydrogen-bond acceptors (Lipinski definition) is 4. The van der Waals surface area contributed by atoms with Crippen LogP contribution in [0, 0.1) is 12.7 Å². The second-order valence-corrected chi connectivity index (χ2v) is 7.63. The van der Waals surface area contributed by atoms with Gasteiger partial charge in [-0.3, -0.25) is 14.2 Å². The number of carbonyl (C=O) groups excluding carboxylic acids is 1. The molecular weight excluding hydrogens is 389 g/mol. The maximum absolute atomic E-state index is 13.3. The fraction of sp³-hybridized carbons (Fsp3) is 0.136. The van der Waals surface area contributed by atoms with E-state index < -0.39 is 6.04 Å². The maximum Gasteiger partial charge on any atom is 0.263 e. The van der Waals surface area contributed by atoms with E-state index in [1.807, 2.05) is 36.6 Å². The molecule has 2 heterocycles. The van der Waals surface area contributed by atoms with Crippen LogP contribution in [-0.4, -0.2) is 15.5 Å². The monoisotopic (exact) mass is 407 g/mol. The number of halogens is 1. The predicted molar refractivity (Wildman–Crippen MR) is 114 cm³/mol. The molecule has 0 aliphatic carbocycles. The van der Waals surface area contributed by atoms with Crippen molar-refractivity contribution in [2.75, 3.05) is 5.32 Å². The lowest BCUT2D eigenvalue weighted by Crippen LogP contribution is -2.31. The number of rotatable bonds is 4. The van der Waals surface area contributed by atoms with Gasteiger partial charge in [-0.15, -0.1) is 11.3 Å².